The number of carbonyl (C=O) groups excluding carboxylic acids is 1. The number of nitrogens with one attached hydrogen (secondary N) is 1. The number of nitrogens with two attached hydrogens (primary N) is 1. The highest BCUT2D eigenvalue weighted by Gasteiger charge is 2.57. The molecule has 2 aliphatic carbocycles. The van der Waals surface area contributed by atoms with E-state index in [1.54, 1.807) is 10.7 Å². The Labute approximate surface area is 127 Å². The predicted octanol–water partition coefficient (Wildman–Crippen LogP) is 1.07. The first-order valence-corrected chi connectivity index (χ1v) is 7.62. The number of aryl methyl sites for hydroxylation is 1. The van der Waals surface area contributed by atoms with Crippen molar-refractivity contribution in [3.8, 4) is 11.5 Å². The van der Waals surface area contributed by atoms with Crippen LogP contribution in [0.1, 0.15) is 36.2 Å². The van der Waals surface area contributed by atoms with Crippen LogP contribution in [0.4, 0.5) is 0 Å². The molecular weight excluding hydrogens is 282 g/mol. The van der Waals surface area contributed by atoms with E-state index >= 15 is 0 Å². The van der Waals surface area contributed by atoms with E-state index in [9.17, 15) is 4.79 Å². The standard InChI is InChI=1S/C15H19N5O2/c1-20-6-3-9(18-20)11-7-10(19-22-11)14(21)17-13-8-12(16)15(13)4-2-5-15/h3,6-7,12-13H,2,4-5,8,16H2,1H3,(H,17,21). The number of carbonyl (C=O) groups is 1. The molecule has 2 saturated carbocycles. The van der Waals surface area contributed by atoms with E-state index in [1.165, 1.54) is 6.42 Å². The minimum Gasteiger partial charge on any atom is -0.354 e. The van der Waals surface area contributed by atoms with Gasteiger partial charge < -0.3 is 15.6 Å². The summed E-state index contributed by atoms with van der Waals surface area (Å²) in [6, 6.07) is 3.83. The molecule has 7 nitrogen and oxygen atoms in total. The van der Waals surface area contributed by atoms with Crippen LogP contribution in [-0.4, -0.2) is 32.9 Å². The average Bonchev–Trinajstić information content (AvgIpc) is 3.04. The van der Waals surface area contributed by atoms with Crippen LogP contribution in [0.3, 0.4) is 0 Å². The van der Waals surface area contributed by atoms with Crippen LogP contribution in [0, 0.1) is 5.41 Å². The number of amides is 1. The molecule has 22 heavy (non-hydrogen) atoms. The van der Waals surface area contributed by atoms with E-state index in [1.807, 2.05) is 19.3 Å². The van der Waals surface area contributed by atoms with Crippen LogP contribution in [0.15, 0.2) is 22.9 Å². The van der Waals surface area contributed by atoms with Gasteiger partial charge in [-0.3, -0.25) is 9.48 Å². The second-order valence-corrected chi connectivity index (χ2v) is 6.41. The summed E-state index contributed by atoms with van der Waals surface area (Å²) in [6.07, 6.45) is 6.08. The summed E-state index contributed by atoms with van der Waals surface area (Å²) in [4.78, 5) is 12.3. The molecule has 2 atom stereocenters. The fourth-order valence-electron chi connectivity index (χ4n) is 3.61. The smallest absolute Gasteiger partial charge is 0.273 e. The molecule has 1 spiro atoms. The van der Waals surface area contributed by atoms with Crippen molar-refractivity contribution in [2.24, 2.45) is 18.2 Å². The molecule has 2 aliphatic rings. The Kier molecular flexibility index (Phi) is 2.87. The van der Waals surface area contributed by atoms with E-state index in [-0.39, 0.29) is 29.1 Å². The fraction of sp³-hybridized carbons (Fsp3) is 0.533. The molecular formula is C15H19N5O2. The van der Waals surface area contributed by atoms with Crippen LogP contribution < -0.4 is 11.1 Å². The van der Waals surface area contributed by atoms with E-state index in [4.69, 9.17) is 10.3 Å². The van der Waals surface area contributed by atoms with Crippen molar-refractivity contribution in [2.75, 3.05) is 0 Å². The van der Waals surface area contributed by atoms with Gasteiger partial charge in [0.15, 0.2) is 11.5 Å². The summed E-state index contributed by atoms with van der Waals surface area (Å²) >= 11 is 0. The molecule has 0 bridgehead atoms. The summed E-state index contributed by atoms with van der Waals surface area (Å²) in [5, 5.41) is 11.1. The van der Waals surface area contributed by atoms with Gasteiger partial charge in [-0.2, -0.15) is 5.10 Å². The van der Waals surface area contributed by atoms with Crippen molar-refractivity contribution in [3.05, 3.63) is 24.0 Å². The Hall–Kier alpha value is -2.15. The molecule has 0 aromatic carbocycles. The zero-order valence-electron chi connectivity index (χ0n) is 12.5. The average molecular weight is 301 g/mol. The molecule has 1 amide bonds. The second-order valence-electron chi connectivity index (χ2n) is 6.41. The van der Waals surface area contributed by atoms with Gasteiger partial charge in [0.1, 0.15) is 5.69 Å². The molecule has 3 N–H and O–H groups in total. The predicted molar refractivity (Wildman–Crippen MR) is 78.8 cm³/mol. The number of hydrogen-bond acceptors (Lipinski definition) is 5. The molecule has 2 unspecified atom stereocenters. The highest BCUT2D eigenvalue weighted by atomic mass is 16.5. The molecule has 2 heterocycles. The quantitative estimate of drug-likeness (QED) is 0.883. The Morgan fingerprint density at radius 1 is 1.55 bits per heavy atom. The molecule has 2 aromatic rings. The highest BCUT2D eigenvalue weighted by Crippen LogP contribution is 2.55. The molecule has 0 radical (unpaired) electrons. The number of hydrogen-bond donors (Lipinski definition) is 2. The Balaban J connectivity index is 1.46. The lowest BCUT2D eigenvalue weighted by atomic mass is 9.50. The third-order valence-corrected chi connectivity index (χ3v) is 5.22. The molecule has 0 aliphatic heterocycles. The molecule has 7 heteroatoms. The third kappa shape index (κ3) is 1.89. The van der Waals surface area contributed by atoms with Gasteiger partial charge in [-0.05, 0) is 25.3 Å². The first kappa shape index (κ1) is 13.5. The van der Waals surface area contributed by atoms with E-state index in [0.717, 1.165) is 19.3 Å². The van der Waals surface area contributed by atoms with Crippen LogP contribution in [0.5, 0.6) is 0 Å². The second kappa shape index (κ2) is 4.67. The minimum atomic E-state index is -0.200. The van der Waals surface area contributed by atoms with Gasteiger partial charge in [-0.1, -0.05) is 11.6 Å². The van der Waals surface area contributed by atoms with Crippen LogP contribution in [0.25, 0.3) is 11.5 Å². The van der Waals surface area contributed by atoms with Crippen molar-refractivity contribution in [1.29, 1.82) is 0 Å². The Morgan fingerprint density at radius 2 is 2.36 bits per heavy atom. The number of aromatic nitrogens is 3. The number of nitrogens with zero attached hydrogens (tertiary/aromatic N) is 3. The first-order chi connectivity index (χ1) is 10.6. The van der Waals surface area contributed by atoms with Crippen molar-refractivity contribution in [1.82, 2.24) is 20.3 Å². The van der Waals surface area contributed by atoms with Gasteiger partial charge in [0.2, 0.25) is 0 Å². The molecule has 116 valence electrons. The largest absolute Gasteiger partial charge is 0.354 e. The van der Waals surface area contributed by atoms with Crippen LogP contribution in [-0.2, 0) is 7.05 Å². The normalized spacial score (nSPS) is 25.5. The first-order valence-electron chi connectivity index (χ1n) is 7.62. The Morgan fingerprint density at radius 3 is 2.95 bits per heavy atom. The lowest BCUT2D eigenvalue weighted by molar-refractivity contribution is -0.0390. The van der Waals surface area contributed by atoms with Crippen molar-refractivity contribution in [2.45, 2.75) is 37.8 Å². The third-order valence-electron chi connectivity index (χ3n) is 5.22. The van der Waals surface area contributed by atoms with E-state index in [0.29, 0.717) is 11.5 Å². The monoisotopic (exact) mass is 301 g/mol. The van der Waals surface area contributed by atoms with E-state index in [2.05, 4.69) is 15.6 Å². The maximum Gasteiger partial charge on any atom is 0.273 e. The topological polar surface area (TPSA) is 99.0 Å². The van der Waals surface area contributed by atoms with E-state index < -0.39 is 0 Å². The number of rotatable bonds is 3. The molecule has 4 rings (SSSR count). The SMILES string of the molecule is Cn1ccc(-c2cc(C(=O)NC3CC(N)C34CCC4)no2)n1. The van der Waals surface area contributed by atoms with Gasteiger partial charge in [0, 0.05) is 36.8 Å². The van der Waals surface area contributed by atoms with Crippen LogP contribution >= 0.6 is 0 Å². The van der Waals surface area contributed by atoms with Gasteiger partial charge >= 0.3 is 0 Å². The van der Waals surface area contributed by atoms with Crippen molar-refractivity contribution < 1.29 is 9.32 Å². The van der Waals surface area contributed by atoms with Gasteiger partial charge in [-0.25, -0.2) is 0 Å². The zero-order chi connectivity index (χ0) is 15.3. The van der Waals surface area contributed by atoms with Crippen molar-refractivity contribution in [3.63, 3.8) is 0 Å². The van der Waals surface area contributed by atoms with Crippen molar-refractivity contribution >= 4 is 5.91 Å². The summed E-state index contributed by atoms with van der Waals surface area (Å²) in [6.45, 7) is 0. The van der Waals surface area contributed by atoms with Crippen LogP contribution in [0.2, 0.25) is 0 Å². The minimum absolute atomic E-state index is 0.128. The van der Waals surface area contributed by atoms with Gasteiger partial charge in [-0.15, -0.1) is 0 Å². The summed E-state index contributed by atoms with van der Waals surface area (Å²) < 4.78 is 6.89. The maximum atomic E-state index is 12.3. The lowest BCUT2D eigenvalue weighted by Gasteiger charge is -2.60. The summed E-state index contributed by atoms with van der Waals surface area (Å²) in [7, 11) is 1.82. The van der Waals surface area contributed by atoms with Gasteiger partial charge in [0.05, 0.1) is 0 Å². The summed E-state index contributed by atoms with van der Waals surface area (Å²) in [5.41, 5.74) is 7.19. The fourth-order valence-corrected chi connectivity index (χ4v) is 3.61. The molecule has 2 aromatic heterocycles. The zero-order valence-corrected chi connectivity index (χ0v) is 12.5. The Bertz CT molecular complexity index is 715. The summed E-state index contributed by atoms with van der Waals surface area (Å²) in [5.74, 6) is 0.295. The molecule has 0 saturated heterocycles. The highest BCUT2D eigenvalue weighted by molar-refractivity contribution is 5.93. The molecule has 2 fully saturated rings. The van der Waals surface area contributed by atoms with Gasteiger partial charge in [0.25, 0.3) is 5.91 Å². The maximum absolute atomic E-state index is 12.3. The lowest BCUT2D eigenvalue weighted by Crippen LogP contribution is -2.69.